The van der Waals surface area contributed by atoms with E-state index in [-0.39, 0.29) is 6.71 Å². The van der Waals surface area contributed by atoms with Crippen LogP contribution in [0.3, 0.4) is 0 Å². The molecular formula is C70H62BN5. The van der Waals surface area contributed by atoms with Gasteiger partial charge in [-0.2, -0.15) is 0 Å². The lowest BCUT2D eigenvalue weighted by atomic mass is 9.34. The van der Waals surface area contributed by atoms with Crippen molar-refractivity contribution in [2.45, 2.75) is 80.1 Å². The van der Waals surface area contributed by atoms with Crippen LogP contribution in [-0.4, -0.2) is 20.4 Å². The third kappa shape index (κ3) is 6.85. The molecule has 3 aromatic heterocycles. The highest BCUT2D eigenvalue weighted by molar-refractivity contribution is 7.00. The van der Waals surface area contributed by atoms with Crippen LogP contribution in [0.4, 0.5) is 34.1 Å². The number of para-hydroxylation sites is 4. The molecule has 370 valence electrons. The van der Waals surface area contributed by atoms with E-state index in [0.29, 0.717) is 0 Å². The zero-order valence-corrected chi connectivity index (χ0v) is 44.5. The average Bonchev–Trinajstić information content (AvgIpc) is 4.24. The Morgan fingerprint density at radius 1 is 0.408 bits per heavy atom. The van der Waals surface area contributed by atoms with E-state index < -0.39 is 0 Å². The minimum Gasteiger partial charge on any atom is -0.314 e. The Hall–Kier alpha value is -8.48. The number of hydrogen-bond acceptors (Lipinski definition) is 2. The summed E-state index contributed by atoms with van der Waals surface area (Å²) in [6, 6.07) is 73.1. The van der Waals surface area contributed by atoms with Gasteiger partial charge in [-0.25, -0.2) is 0 Å². The summed E-state index contributed by atoms with van der Waals surface area (Å²) < 4.78 is 7.88. The van der Waals surface area contributed by atoms with Crippen molar-refractivity contribution in [1.29, 1.82) is 0 Å². The third-order valence-electron chi connectivity index (χ3n) is 17.2. The van der Waals surface area contributed by atoms with Crippen LogP contribution in [0.15, 0.2) is 194 Å². The van der Waals surface area contributed by atoms with Gasteiger partial charge in [0, 0.05) is 67.1 Å². The fourth-order valence-electron chi connectivity index (χ4n) is 13.4. The van der Waals surface area contributed by atoms with Gasteiger partial charge in [0.05, 0.1) is 39.1 Å². The molecule has 0 atom stereocenters. The Bertz CT molecular complexity index is 3890. The number of anilines is 6. The van der Waals surface area contributed by atoms with Crippen molar-refractivity contribution in [1.82, 2.24) is 13.7 Å². The first-order chi connectivity index (χ1) is 37.3. The van der Waals surface area contributed by atoms with Crippen molar-refractivity contribution in [3.05, 3.63) is 228 Å². The largest absolute Gasteiger partial charge is 0.314 e. The van der Waals surface area contributed by atoms with E-state index in [1.807, 2.05) is 0 Å². The minimum atomic E-state index is -0.0289. The number of aryl methyl sites for hydroxylation is 4. The standard InChI is InChI=1S/C70H62BN5/c1-7-9-23-49-33-37-60-56(41-49)57-42-50(24-10-8-2)34-38-61(57)76(60)55-43-64-68-65(44-55)73-48(6)46(4)67-63(75(53-29-19-13-20-30-53)54-31-21-14-22-32-54)40-36-59(70(67)73)71(68)58-35-39-62(66-45(3)47(5)72(64)69(58)66)74(51-25-15-11-16-26-51)52-27-17-12-18-28-52/h11-22,25-44H,7-10,23-24H2,1-6H3. The maximum Gasteiger partial charge on any atom is 0.252 e. The maximum absolute atomic E-state index is 2.64. The molecule has 0 unspecified atom stereocenters. The highest BCUT2D eigenvalue weighted by Gasteiger charge is 2.43. The Labute approximate surface area is 447 Å². The van der Waals surface area contributed by atoms with Crippen molar-refractivity contribution in [2.24, 2.45) is 0 Å². The fourth-order valence-corrected chi connectivity index (χ4v) is 13.4. The molecule has 76 heavy (non-hydrogen) atoms. The van der Waals surface area contributed by atoms with Gasteiger partial charge >= 0.3 is 0 Å². The first kappa shape index (κ1) is 46.1. The SMILES string of the molecule is CCCCc1ccc2c(c1)c1cc(CCCC)ccc1n2-c1cc2c3c(c1)-n1c(C)c(C)c4c(N(c5ccccc5)c5ccccc5)ccc(c41)B3c1ccc(N(c3ccccc3)c3ccccc3)c3c(C)c(C)n-2c13. The van der Waals surface area contributed by atoms with Gasteiger partial charge in [0.15, 0.2) is 0 Å². The van der Waals surface area contributed by atoms with Crippen molar-refractivity contribution in [2.75, 3.05) is 9.80 Å². The molecule has 0 saturated carbocycles. The van der Waals surface area contributed by atoms with E-state index in [2.05, 4.69) is 259 Å². The summed E-state index contributed by atoms with van der Waals surface area (Å²) in [7, 11) is 0. The van der Waals surface area contributed by atoms with Crippen molar-refractivity contribution in [3.63, 3.8) is 0 Å². The van der Waals surface area contributed by atoms with Gasteiger partial charge < -0.3 is 23.5 Å². The van der Waals surface area contributed by atoms with Crippen LogP contribution >= 0.6 is 0 Å². The van der Waals surface area contributed by atoms with E-state index in [4.69, 9.17) is 0 Å². The lowest BCUT2D eigenvalue weighted by Gasteiger charge is -2.36. The molecule has 2 aliphatic rings. The molecule has 2 aliphatic heterocycles. The number of nitrogens with zero attached hydrogens (tertiary/aromatic N) is 5. The monoisotopic (exact) mass is 984 g/mol. The highest BCUT2D eigenvalue weighted by atomic mass is 15.2. The Morgan fingerprint density at radius 2 is 0.789 bits per heavy atom. The maximum atomic E-state index is 2.64. The molecule has 0 bridgehead atoms. The van der Waals surface area contributed by atoms with Crippen LogP contribution in [-0.2, 0) is 12.8 Å². The number of unbranched alkanes of at least 4 members (excludes halogenated alkanes) is 2. The molecule has 0 amide bonds. The molecule has 6 heteroatoms. The minimum absolute atomic E-state index is 0.0289. The predicted molar refractivity (Wildman–Crippen MR) is 325 cm³/mol. The molecular weight excluding hydrogens is 922 g/mol. The van der Waals surface area contributed by atoms with Crippen LogP contribution in [0.2, 0.25) is 0 Å². The van der Waals surface area contributed by atoms with Gasteiger partial charge in [-0.3, -0.25) is 0 Å². The fraction of sp³-hybridized carbons (Fsp3) is 0.171. The predicted octanol–water partition coefficient (Wildman–Crippen LogP) is 16.7. The second kappa shape index (κ2) is 18.1. The summed E-state index contributed by atoms with van der Waals surface area (Å²) in [4.78, 5) is 4.92. The third-order valence-corrected chi connectivity index (χ3v) is 17.2. The summed E-state index contributed by atoms with van der Waals surface area (Å²) in [6.07, 6.45) is 6.91. The van der Waals surface area contributed by atoms with E-state index in [1.54, 1.807) is 0 Å². The summed E-state index contributed by atoms with van der Waals surface area (Å²) in [5.74, 6) is 0. The summed E-state index contributed by atoms with van der Waals surface area (Å²) in [6.45, 7) is 14.0. The number of aromatic nitrogens is 3. The van der Waals surface area contributed by atoms with Gasteiger partial charge in [-0.05, 0) is 189 Å². The Morgan fingerprint density at radius 3 is 1.16 bits per heavy atom. The van der Waals surface area contributed by atoms with Gasteiger partial charge in [0.25, 0.3) is 6.71 Å². The van der Waals surface area contributed by atoms with Gasteiger partial charge in [-0.15, -0.1) is 0 Å². The highest BCUT2D eigenvalue weighted by Crippen LogP contribution is 2.47. The lowest BCUT2D eigenvalue weighted by molar-refractivity contribution is 0.795. The molecule has 5 heterocycles. The van der Waals surface area contributed by atoms with Crippen LogP contribution in [0.1, 0.15) is 73.2 Å². The van der Waals surface area contributed by atoms with Gasteiger partial charge in [0.1, 0.15) is 0 Å². The molecule has 14 rings (SSSR count). The molecule has 0 aliphatic carbocycles. The molecule has 0 saturated heterocycles. The smallest absolute Gasteiger partial charge is 0.252 e. The van der Waals surface area contributed by atoms with Crippen molar-refractivity contribution in [3.8, 4) is 17.1 Å². The van der Waals surface area contributed by atoms with Gasteiger partial charge in [0.2, 0.25) is 0 Å². The second-order valence-corrected chi connectivity index (χ2v) is 21.5. The lowest BCUT2D eigenvalue weighted by Crippen LogP contribution is -2.59. The number of fused-ring (bicyclic) bond motifs is 7. The van der Waals surface area contributed by atoms with Crippen LogP contribution in [0, 0.1) is 27.7 Å². The first-order valence-electron chi connectivity index (χ1n) is 27.7. The average molecular weight is 984 g/mol. The van der Waals surface area contributed by atoms with Crippen LogP contribution in [0.25, 0.3) is 60.7 Å². The Kier molecular flexibility index (Phi) is 11.0. The molecule has 0 radical (unpaired) electrons. The molecule has 12 aromatic rings. The molecule has 9 aromatic carbocycles. The summed E-state index contributed by atoms with van der Waals surface area (Å²) in [5, 5.41) is 5.25. The van der Waals surface area contributed by atoms with Crippen molar-refractivity contribution < 1.29 is 0 Å². The topological polar surface area (TPSA) is 21.3 Å². The zero-order valence-electron chi connectivity index (χ0n) is 44.5. The van der Waals surface area contributed by atoms with Crippen LogP contribution in [0.5, 0.6) is 0 Å². The zero-order chi connectivity index (χ0) is 51.3. The molecule has 0 spiro atoms. The van der Waals surface area contributed by atoms with Crippen molar-refractivity contribution >= 4 is 101 Å². The van der Waals surface area contributed by atoms with E-state index in [0.717, 1.165) is 35.6 Å². The van der Waals surface area contributed by atoms with E-state index in [1.165, 1.54) is 148 Å². The second-order valence-electron chi connectivity index (χ2n) is 21.5. The summed E-state index contributed by atoms with van der Waals surface area (Å²) >= 11 is 0. The number of hydrogen-bond donors (Lipinski definition) is 0. The molecule has 5 nitrogen and oxygen atoms in total. The quantitative estimate of drug-likeness (QED) is 0.107. The molecule has 0 fully saturated rings. The number of rotatable bonds is 13. The van der Waals surface area contributed by atoms with E-state index in [9.17, 15) is 0 Å². The number of benzene rings is 9. The Balaban J connectivity index is 1.11. The van der Waals surface area contributed by atoms with Crippen LogP contribution < -0.4 is 26.2 Å². The molecule has 0 N–H and O–H groups in total. The first-order valence-corrected chi connectivity index (χ1v) is 27.7. The van der Waals surface area contributed by atoms with Gasteiger partial charge in [-0.1, -0.05) is 124 Å². The van der Waals surface area contributed by atoms with E-state index >= 15 is 0 Å². The summed E-state index contributed by atoms with van der Waals surface area (Å²) in [5.41, 5.74) is 27.7. The normalized spacial score (nSPS) is 12.4.